The number of nitrogens with two attached hydrogens (primary N) is 1. The summed E-state index contributed by atoms with van der Waals surface area (Å²) in [5.41, 5.74) is 9.26. The summed E-state index contributed by atoms with van der Waals surface area (Å²) in [5.74, 6) is 0.0814. The van der Waals surface area contributed by atoms with Gasteiger partial charge in [0.1, 0.15) is 5.69 Å². The van der Waals surface area contributed by atoms with Crippen LogP contribution in [0.3, 0.4) is 0 Å². The minimum absolute atomic E-state index is 0.0511. The van der Waals surface area contributed by atoms with Gasteiger partial charge in [-0.3, -0.25) is 0 Å². The topological polar surface area (TPSA) is 120 Å². The van der Waals surface area contributed by atoms with Crippen molar-refractivity contribution in [1.82, 2.24) is 14.9 Å². The van der Waals surface area contributed by atoms with Gasteiger partial charge in [0.15, 0.2) is 11.5 Å². The zero-order chi connectivity index (χ0) is 26.2. The predicted octanol–water partition coefficient (Wildman–Crippen LogP) is 4.80. The fourth-order valence-corrected chi connectivity index (χ4v) is 4.94. The summed E-state index contributed by atoms with van der Waals surface area (Å²) in [6, 6.07) is 13.7. The Morgan fingerprint density at radius 1 is 1.11 bits per heavy atom. The summed E-state index contributed by atoms with van der Waals surface area (Å²) in [6.45, 7) is 0.0511. The van der Waals surface area contributed by atoms with Gasteiger partial charge in [-0.1, -0.05) is 41.6 Å². The van der Waals surface area contributed by atoms with Gasteiger partial charge in [0.2, 0.25) is 0 Å². The second-order valence-electron chi connectivity index (χ2n) is 8.83. The van der Waals surface area contributed by atoms with Crippen LogP contribution in [0.2, 0.25) is 0 Å². The van der Waals surface area contributed by atoms with Crippen LogP contribution in [-0.4, -0.2) is 37.4 Å². The molecule has 0 radical (unpaired) electrons. The Balaban J connectivity index is 1.43. The normalized spacial score (nSPS) is 14.0. The van der Waals surface area contributed by atoms with Crippen molar-refractivity contribution in [2.45, 2.75) is 37.9 Å². The second kappa shape index (κ2) is 10.4. The summed E-state index contributed by atoms with van der Waals surface area (Å²) >= 11 is 0. The molecule has 0 aliphatic heterocycles. The van der Waals surface area contributed by atoms with Gasteiger partial charge >= 0.3 is 14.8 Å². The van der Waals surface area contributed by atoms with Crippen molar-refractivity contribution < 1.29 is 32.0 Å². The van der Waals surface area contributed by atoms with E-state index in [4.69, 9.17) is 24.6 Å². The smallest absolute Gasteiger partial charge is 0.355 e. The Morgan fingerprint density at radius 3 is 2.62 bits per heavy atom. The lowest BCUT2D eigenvalue weighted by molar-refractivity contribution is -0.142. The van der Waals surface area contributed by atoms with Crippen molar-refractivity contribution in [3.05, 3.63) is 77.1 Å². The van der Waals surface area contributed by atoms with Crippen molar-refractivity contribution in [1.29, 1.82) is 0 Å². The van der Waals surface area contributed by atoms with E-state index in [2.05, 4.69) is 10.3 Å². The minimum Gasteiger partial charge on any atom is -0.355 e. The number of benzene rings is 2. The van der Waals surface area contributed by atoms with Crippen molar-refractivity contribution in [3.8, 4) is 28.3 Å². The van der Waals surface area contributed by atoms with Crippen LogP contribution in [-0.2, 0) is 30.0 Å². The van der Waals surface area contributed by atoms with Gasteiger partial charge in [-0.05, 0) is 48.9 Å². The lowest BCUT2D eigenvalue weighted by Crippen LogP contribution is -2.26. The van der Waals surface area contributed by atoms with Crippen molar-refractivity contribution in [2.75, 3.05) is 6.61 Å². The van der Waals surface area contributed by atoms with E-state index < -0.39 is 20.5 Å². The first-order valence-electron chi connectivity index (χ1n) is 11.6. The van der Waals surface area contributed by atoms with Crippen LogP contribution in [0.4, 0.5) is 13.2 Å². The first kappa shape index (κ1) is 25.6. The van der Waals surface area contributed by atoms with Crippen LogP contribution in [0.15, 0.2) is 59.3 Å². The van der Waals surface area contributed by atoms with E-state index in [1.165, 1.54) is 6.20 Å². The lowest BCUT2D eigenvalue weighted by atomic mass is 9.86. The third-order valence-corrected chi connectivity index (χ3v) is 6.73. The third kappa shape index (κ3) is 5.32. The number of fused-ring (bicyclic) bond motifs is 3. The average molecular weight is 532 g/mol. The summed E-state index contributed by atoms with van der Waals surface area (Å²) in [6.07, 6.45) is -1.14. The number of halogens is 3. The zero-order valence-electron chi connectivity index (χ0n) is 19.5. The van der Waals surface area contributed by atoms with Crippen LogP contribution in [0.1, 0.15) is 28.8 Å². The van der Waals surface area contributed by atoms with Crippen molar-refractivity contribution in [3.63, 3.8) is 0 Å². The summed E-state index contributed by atoms with van der Waals surface area (Å²) in [7, 11) is -2.43. The molecule has 0 spiro atoms. The summed E-state index contributed by atoms with van der Waals surface area (Å²) < 4.78 is 53.7. The molecule has 1 aliphatic carbocycles. The van der Waals surface area contributed by atoms with Gasteiger partial charge in [0, 0.05) is 17.2 Å². The molecule has 0 saturated heterocycles. The zero-order valence-corrected chi connectivity index (χ0v) is 20.4. The Labute approximate surface area is 211 Å². The van der Waals surface area contributed by atoms with Gasteiger partial charge in [-0.15, -0.1) is 0 Å². The molecule has 4 N–H and O–H groups in total. The molecular weight excluding hydrogens is 508 g/mol. The Kier molecular flexibility index (Phi) is 7.15. The molecule has 2 aromatic carbocycles. The molecule has 0 fully saturated rings. The minimum atomic E-state index is -4.66. The van der Waals surface area contributed by atoms with Gasteiger partial charge in [0.25, 0.3) is 0 Å². The number of hydrogen-bond donors (Lipinski definition) is 3. The molecule has 8 nitrogen and oxygen atoms in total. The highest BCUT2D eigenvalue weighted by Gasteiger charge is 2.41. The van der Waals surface area contributed by atoms with E-state index in [0.29, 0.717) is 42.6 Å². The van der Waals surface area contributed by atoms with Crippen LogP contribution in [0.5, 0.6) is 0 Å². The highest BCUT2D eigenvalue weighted by atomic mass is 31.2. The van der Waals surface area contributed by atoms with Crippen LogP contribution >= 0.6 is 8.60 Å². The maximum atomic E-state index is 14.2. The highest BCUT2D eigenvalue weighted by molar-refractivity contribution is 7.39. The van der Waals surface area contributed by atoms with E-state index in [0.717, 1.165) is 21.4 Å². The number of para-hydroxylation sites is 1. The van der Waals surface area contributed by atoms with Crippen LogP contribution in [0, 0.1) is 0 Å². The SMILES string of the molecule is NC(CCc1ccc2c(c1)CCc1c-2noc1-c1cnn(-c2ccccc2)c1C(F)(F)F)COP(O)O. The lowest BCUT2D eigenvalue weighted by Gasteiger charge is -2.18. The molecule has 0 saturated carbocycles. The number of nitrogens with zero attached hydrogens (tertiary/aromatic N) is 3. The molecule has 2 aromatic heterocycles. The van der Waals surface area contributed by atoms with E-state index in [9.17, 15) is 13.2 Å². The monoisotopic (exact) mass is 532 g/mol. The van der Waals surface area contributed by atoms with Gasteiger partial charge in [-0.25, -0.2) is 4.68 Å². The van der Waals surface area contributed by atoms with Crippen molar-refractivity contribution >= 4 is 8.60 Å². The van der Waals surface area contributed by atoms with E-state index in [-0.39, 0.29) is 24.0 Å². The van der Waals surface area contributed by atoms with Crippen LogP contribution < -0.4 is 5.73 Å². The van der Waals surface area contributed by atoms with E-state index >= 15 is 0 Å². The Hall–Kier alpha value is -3.08. The largest absolute Gasteiger partial charge is 0.434 e. The summed E-state index contributed by atoms with van der Waals surface area (Å²) in [4.78, 5) is 17.7. The molecule has 5 rings (SSSR count). The molecule has 1 unspecified atom stereocenters. The Morgan fingerprint density at radius 2 is 1.89 bits per heavy atom. The molecule has 1 atom stereocenters. The maximum Gasteiger partial charge on any atom is 0.434 e. The quantitative estimate of drug-likeness (QED) is 0.279. The van der Waals surface area contributed by atoms with E-state index in [1.54, 1.807) is 30.3 Å². The number of alkyl halides is 3. The first-order valence-corrected chi connectivity index (χ1v) is 12.8. The van der Waals surface area contributed by atoms with Crippen LogP contribution in [0.25, 0.3) is 28.3 Å². The molecule has 0 bridgehead atoms. The molecule has 37 heavy (non-hydrogen) atoms. The average Bonchev–Trinajstić information content (AvgIpc) is 3.51. The highest BCUT2D eigenvalue weighted by Crippen LogP contribution is 2.44. The first-order chi connectivity index (χ1) is 17.7. The molecule has 1 aliphatic rings. The summed E-state index contributed by atoms with van der Waals surface area (Å²) in [5, 5.41) is 8.20. The van der Waals surface area contributed by atoms with E-state index in [1.807, 2.05) is 18.2 Å². The fourth-order valence-electron chi connectivity index (χ4n) is 4.61. The fraction of sp³-hybridized carbons (Fsp3) is 0.280. The molecule has 194 valence electrons. The maximum absolute atomic E-state index is 14.2. The van der Waals surface area contributed by atoms with Gasteiger partial charge in [0.05, 0.1) is 24.1 Å². The molecule has 0 amide bonds. The Bertz CT molecular complexity index is 1390. The molecule has 2 heterocycles. The number of aryl methyl sites for hydroxylation is 2. The van der Waals surface area contributed by atoms with Crippen molar-refractivity contribution in [2.24, 2.45) is 5.73 Å². The predicted molar refractivity (Wildman–Crippen MR) is 131 cm³/mol. The third-order valence-electron chi connectivity index (χ3n) is 6.35. The number of aromatic nitrogens is 3. The molecular formula is C25H24F3N4O4P. The van der Waals surface area contributed by atoms with Gasteiger partial charge < -0.3 is 24.6 Å². The number of rotatable bonds is 8. The second-order valence-corrected chi connectivity index (χ2v) is 9.59. The van der Waals surface area contributed by atoms with Gasteiger partial charge in [-0.2, -0.15) is 18.3 Å². The number of hydrogen-bond acceptors (Lipinski definition) is 7. The standard InChI is InChI=1S/C25H24F3N4O4P/c26-25(27,28)24-21(13-30-32(24)18-4-2-1-3-5-18)23-20-11-8-16-12-15(6-9-17(29)14-35-37(33)34)7-10-19(16)22(20)31-36-23/h1-5,7,10,12-13,17,33-34H,6,8-9,11,14,29H2. The molecule has 4 aromatic rings. The molecule has 12 heteroatoms.